The molecule has 0 aliphatic rings. The summed E-state index contributed by atoms with van der Waals surface area (Å²) in [5.74, 6) is 0. The van der Waals surface area contributed by atoms with Crippen LogP contribution in [-0.4, -0.2) is 19.6 Å². The lowest BCUT2D eigenvalue weighted by atomic mass is 10.00. The van der Waals surface area contributed by atoms with Gasteiger partial charge in [-0.3, -0.25) is 0 Å². The number of benzene rings is 3. The van der Waals surface area contributed by atoms with Crippen LogP contribution >= 0.6 is 0 Å². The fourth-order valence-electron chi connectivity index (χ4n) is 4.00. The summed E-state index contributed by atoms with van der Waals surface area (Å²) in [7, 11) is 0. The maximum absolute atomic E-state index is 4.32. The third kappa shape index (κ3) is 4.86. The van der Waals surface area contributed by atoms with E-state index in [-0.39, 0.29) is 0 Å². The molecule has 5 aromatic rings. The average molecular weight is 419 g/mol. The molecule has 4 nitrogen and oxygen atoms in total. The van der Waals surface area contributed by atoms with Gasteiger partial charge in [-0.05, 0) is 84.3 Å². The van der Waals surface area contributed by atoms with Crippen molar-refractivity contribution in [3.05, 3.63) is 132 Å². The number of aromatic nitrogens is 4. The molecule has 3 aromatic carbocycles. The van der Waals surface area contributed by atoms with Gasteiger partial charge in [-0.1, -0.05) is 48.5 Å². The number of aryl methyl sites for hydroxylation is 4. The van der Waals surface area contributed by atoms with Crippen molar-refractivity contribution < 1.29 is 0 Å². The molecule has 0 aliphatic carbocycles. The first kappa shape index (κ1) is 20.0. The van der Waals surface area contributed by atoms with Gasteiger partial charge in [-0.25, -0.2) is 9.36 Å². The zero-order chi connectivity index (χ0) is 21.6. The van der Waals surface area contributed by atoms with Crippen molar-refractivity contribution in [2.45, 2.75) is 25.7 Å². The lowest BCUT2D eigenvalue weighted by Gasteiger charge is -2.08. The van der Waals surface area contributed by atoms with Crippen LogP contribution in [0.25, 0.3) is 11.4 Å². The summed E-state index contributed by atoms with van der Waals surface area (Å²) in [6.45, 7) is 0. The van der Waals surface area contributed by atoms with Crippen molar-refractivity contribution in [1.82, 2.24) is 19.6 Å². The van der Waals surface area contributed by atoms with E-state index in [2.05, 4.69) is 83.0 Å². The van der Waals surface area contributed by atoms with Crippen LogP contribution in [-0.2, 0) is 25.7 Å². The maximum Gasteiger partial charge on any atom is 0.0648 e. The topological polar surface area (TPSA) is 35.6 Å². The summed E-state index contributed by atoms with van der Waals surface area (Å²) >= 11 is 0. The number of hydrogen-bond donors (Lipinski definition) is 0. The maximum atomic E-state index is 4.32. The number of rotatable bonds is 8. The molecule has 2 aromatic heterocycles. The lowest BCUT2D eigenvalue weighted by molar-refractivity contribution is 0.871. The highest BCUT2D eigenvalue weighted by molar-refractivity contribution is 5.37. The third-order valence-electron chi connectivity index (χ3n) is 5.79. The van der Waals surface area contributed by atoms with Crippen LogP contribution in [0, 0.1) is 0 Å². The Morgan fingerprint density at radius 2 is 0.906 bits per heavy atom. The van der Waals surface area contributed by atoms with E-state index in [9.17, 15) is 0 Å². The molecule has 2 heterocycles. The van der Waals surface area contributed by atoms with Crippen molar-refractivity contribution in [2.75, 3.05) is 0 Å². The fourth-order valence-corrected chi connectivity index (χ4v) is 4.00. The van der Waals surface area contributed by atoms with Crippen LogP contribution in [0.2, 0.25) is 0 Å². The first-order valence-corrected chi connectivity index (χ1v) is 11.1. The molecule has 0 atom stereocenters. The van der Waals surface area contributed by atoms with Crippen molar-refractivity contribution in [1.29, 1.82) is 0 Å². The number of hydrogen-bond acceptors (Lipinski definition) is 2. The van der Waals surface area contributed by atoms with E-state index < -0.39 is 0 Å². The summed E-state index contributed by atoms with van der Waals surface area (Å²) in [6.07, 6.45) is 11.7. The van der Waals surface area contributed by atoms with Crippen molar-refractivity contribution >= 4 is 0 Å². The van der Waals surface area contributed by atoms with Gasteiger partial charge >= 0.3 is 0 Å². The highest BCUT2D eigenvalue weighted by Gasteiger charge is 2.03. The smallest absolute Gasteiger partial charge is 0.0648 e. The Morgan fingerprint density at radius 3 is 1.31 bits per heavy atom. The predicted octanol–water partition coefficient (Wildman–Crippen LogP) is 5.63. The largest absolute Gasteiger partial charge is 0.241 e. The quantitative estimate of drug-likeness (QED) is 0.327. The van der Waals surface area contributed by atoms with Gasteiger partial charge in [0.25, 0.3) is 0 Å². The summed E-state index contributed by atoms with van der Waals surface area (Å²) < 4.78 is 3.81. The predicted molar refractivity (Wildman–Crippen MR) is 128 cm³/mol. The van der Waals surface area contributed by atoms with Crippen molar-refractivity contribution in [3.63, 3.8) is 0 Å². The second kappa shape index (κ2) is 9.48. The molecule has 0 N–H and O–H groups in total. The van der Waals surface area contributed by atoms with Gasteiger partial charge < -0.3 is 0 Å². The normalized spacial score (nSPS) is 11.0. The standard InChI is InChI=1S/C28H26N4/c1-5-25(21-27(7-1)31-19-3-17-29-31)15-13-23-9-11-24(12-10-23)14-16-26-6-2-8-28(22-26)32-20-4-18-30-32/h1-12,17-22H,13-16H2. The second-order valence-corrected chi connectivity index (χ2v) is 8.06. The molecule has 0 radical (unpaired) electrons. The second-order valence-electron chi connectivity index (χ2n) is 8.06. The summed E-state index contributed by atoms with van der Waals surface area (Å²) in [5.41, 5.74) is 7.63. The Bertz CT molecular complexity index is 1150. The molecule has 0 aliphatic heterocycles. The van der Waals surface area contributed by atoms with Crippen LogP contribution < -0.4 is 0 Å². The van der Waals surface area contributed by atoms with Gasteiger partial charge in [0.1, 0.15) is 0 Å². The van der Waals surface area contributed by atoms with Crippen LogP contribution in [0.1, 0.15) is 22.3 Å². The minimum absolute atomic E-state index is 1.02. The van der Waals surface area contributed by atoms with E-state index in [4.69, 9.17) is 0 Å². The first-order valence-electron chi connectivity index (χ1n) is 11.1. The van der Waals surface area contributed by atoms with E-state index in [0.717, 1.165) is 37.1 Å². The molecular weight excluding hydrogens is 392 g/mol. The van der Waals surface area contributed by atoms with Gasteiger partial charge in [0, 0.05) is 24.8 Å². The lowest BCUT2D eigenvalue weighted by Crippen LogP contribution is -1.98. The molecule has 0 unspecified atom stereocenters. The molecule has 4 heteroatoms. The van der Waals surface area contributed by atoms with E-state index in [0.29, 0.717) is 0 Å². The Kier molecular flexibility index (Phi) is 5.93. The highest BCUT2D eigenvalue weighted by atomic mass is 15.3. The van der Waals surface area contributed by atoms with Gasteiger partial charge in [-0.2, -0.15) is 10.2 Å². The minimum atomic E-state index is 1.02. The Labute approximate surface area is 188 Å². The molecule has 0 spiro atoms. The van der Waals surface area contributed by atoms with Crippen molar-refractivity contribution in [2.24, 2.45) is 0 Å². The third-order valence-corrected chi connectivity index (χ3v) is 5.79. The highest BCUT2D eigenvalue weighted by Crippen LogP contribution is 2.15. The summed E-state index contributed by atoms with van der Waals surface area (Å²) in [5, 5.41) is 8.65. The Morgan fingerprint density at radius 1 is 0.469 bits per heavy atom. The molecule has 0 saturated carbocycles. The zero-order valence-electron chi connectivity index (χ0n) is 18.0. The first-order chi connectivity index (χ1) is 15.8. The number of nitrogens with zero attached hydrogens (tertiary/aromatic N) is 4. The fraction of sp³-hybridized carbons (Fsp3) is 0.143. The Balaban J connectivity index is 1.17. The van der Waals surface area contributed by atoms with Gasteiger partial charge in [0.2, 0.25) is 0 Å². The van der Waals surface area contributed by atoms with Crippen LogP contribution in [0.15, 0.2) is 110 Å². The van der Waals surface area contributed by atoms with Crippen LogP contribution in [0.5, 0.6) is 0 Å². The molecule has 0 saturated heterocycles. The molecule has 0 amide bonds. The molecule has 158 valence electrons. The van der Waals surface area contributed by atoms with E-state index >= 15 is 0 Å². The molecule has 0 bridgehead atoms. The molecule has 32 heavy (non-hydrogen) atoms. The molecule has 0 fully saturated rings. The van der Waals surface area contributed by atoms with E-state index in [1.54, 1.807) is 0 Å². The van der Waals surface area contributed by atoms with Gasteiger partial charge in [0.05, 0.1) is 11.4 Å². The van der Waals surface area contributed by atoms with Crippen LogP contribution in [0.3, 0.4) is 0 Å². The van der Waals surface area contributed by atoms with E-state index in [1.165, 1.54) is 22.3 Å². The minimum Gasteiger partial charge on any atom is -0.241 e. The summed E-state index contributed by atoms with van der Waals surface area (Å²) in [6, 6.07) is 30.2. The zero-order valence-corrected chi connectivity index (χ0v) is 18.0. The average Bonchev–Trinajstić information content (AvgIpc) is 3.57. The SMILES string of the molecule is c1cc(CCc2ccc(CCc3cccc(-n4cccn4)c3)cc2)cc(-n2cccn2)c1. The Hall–Kier alpha value is -3.92. The van der Waals surface area contributed by atoms with Crippen LogP contribution in [0.4, 0.5) is 0 Å². The van der Waals surface area contributed by atoms with E-state index in [1.807, 2.05) is 46.3 Å². The monoisotopic (exact) mass is 418 g/mol. The molecule has 5 rings (SSSR count). The van der Waals surface area contributed by atoms with Gasteiger partial charge in [0.15, 0.2) is 0 Å². The molecular formula is C28H26N4. The van der Waals surface area contributed by atoms with Gasteiger partial charge in [-0.15, -0.1) is 0 Å². The summed E-state index contributed by atoms with van der Waals surface area (Å²) in [4.78, 5) is 0. The van der Waals surface area contributed by atoms with Crippen molar-refractivity contribution in [3.8, 4) is 11.4 Å².